The number of aromatic nitrogens is 1. The van der Waals surface area contributed by atoms with Gasteiger partial charge >= 0.3 is 0 Å². The molecule has 1 heterocycles. The first kappa shape index (κ1) is 13.9. The number of amides is 1. The average molecular weight is 256 g/mol. The Labute approximate surface area is 107 Å². The fourth-order valence-corrected chi connectivity index (χ4v) is 1.39. The van der Waals surface area contributed by atoms with Gasteiger partial charge in [0.2, 0.25) is 5.91 Å². The number of hydrogen-bond acceptors (Lipinski definition) is 3. The van der Waals surface area contributed by atoms with Gasteiger partial charge in [-0.15, -0.1) is 0 Å². The van der Waals surface area contributed by atoms with E-state index in [1.807, 2.05) is 27.7 Å². The Hall–Kier alpha value is -1.13. The van der Waals surface area contributed by atoms with Crippen LogP contribution in [-0.4, -0.2) is 16.9 Å². The van der Waals surface area contributed by atoms with Crippen LogP contribution in [0.4, 0.5) is 5.69 Å². The molecule has 0 fully saturated rings. The molecular formula is C12H18ClN3O. The molecule has 3 N–H and O–H groups in total. The van der Waals surface area contributed by atoms with Gasteiger partial charge in [0.1, 0.15) is 0 Å². The van der Waals surface area contributed by atoms with Crippen LogP contribution in [0.2, 0.25) is 5.15 Å². The number of hydrogen-bond donors (Lipinski definition) is 2. The third-order valence-electron chi connectivity index (χ3n) is 2.45. The Bertz CT molecular complexity index is 426. The second-order valence-corrected chi connectivity index (χ2v) is 5.54. The predicted octanol–water partition coefficient (Wildman–Crippen LogP) is 2.36. The molecule has 1 rings (SSSR count). The van der Waals surface area contributed by atoms with E-state index >= 15 is 0 Å². The SMILES string of the molecule is Cc1cnc(Cl)c(NC(=O)C(N)C(C)(C)C)c1. The highest BCUT2D eigenvalue weighted by atomic mass is 35.5. The molecule has 1 aromatic heterocycles. The van der Waals surface area contributed by atoms with Crippen LogP contribution < -0.4 is 11.1 Å². The first-order valence-corrected chi connectivity index (χ1v) is 5.78. The predicted molar refractivity (Wildman–Crippen MR) is 70.0 cm³/mol. The molecule has 0 bridgehead atoms. The highest BCUT2D eigenvalue weighted by molar-refractivity contribution is 6.32. The monoisotopic (exact) mass is 255 g/mol. The van der Waals surface area contributed by atoms with Crippen LogP contribution in [-0.2, 0) is 4.79 Å². The summed E-state index contributed by atoms with van der Waals surface area (Å²) in [4.78, 5) is 15.9. The number of halogens is 1. The minimum atomic E-state index is -0.598. The van der Waals surface area contributed by atoms with E-state index in [-0.39, 0.29) is 16.5 Å². The molecule has 0 spiro atoms. The zero-order valence-corrected chi connectivity index (χ0v) is 11.3. The van der Waals surface area contributed by atoms with Crippen LogP contribution in [0.15, 0.2) is 12.3 Å². The quantitative estimate of drug-likeness (QED) is 0.797. The van der Waals surface area contributed by atoms with Crippen LogP contribution in [0.25, 0.3) is 0 Å². The summed E-state index contributed by atoms with van der Waals surface area (Å²) in [5.74, 6) is -0.258. The lowest BCUT2D eigenvalue weighted by Crippen LogP contribution is -2.45. The van der Waals surface area contributed by atoms with Crippen LogP contribution in [0.1, 0.15) is 26.3 Å². The highest BCUT2D eigenvalue weighted by Crippen LogP contribution is 2.22. The second-order valence-electron chi connectivity index (χ2n) is 5.18. The number of nitrogens with one attached hydrogen (secondary N) is 1. The number of carbonyl (C=O) groups excluding carboxylic acids is 1. The summed E-state index contributed by atoms with van der Waals surface area (Å²) in [5, 5.41) is 2.97. The minimum absolute atomic E-state index is 0.258. The topological polar surface area (TPSA) is 68.0 Å². The molecule has 0 aliphatic heterocycles. The standard InChI is InChI=1S/C12H18ClN3O/c1-7-5-8(10(13)15-6-7)16-11(17)9(14)12(2,3)4/h5-6,9H,14H2,1-4H3,(H,16,17). The lowest BCUT2D eigenvalue weighted by Gasteiger charge is -2.25. The zero-order valence-electron chi connectivity index (χ0n) is 10.5. The van der Waals surface area contributed by atoms with E-state index in [1.165, 1.54) is 0 Å². The normalized spacial score (nSPS) is 13.3. The van der Waals surface area contributed by atoms with Crippen molar-refractivity contribution in [3.8, 4) is 0 Å². The van der Waals surface area contributed by atoms with E-state index in [0.29, 0.717) is 5.69 Å². The largest absolute Gasteiger partial charge is 0.322 e. The number of carbonyl (C=O) groups is 1. The minimum Gasteiger partial charge on any atom is -0.322 e. The van der Waals surface area contributed by atoms with Gasteiger partial charge in [-0.3, -0.25) is 4.79 Å². The van der Waals surface area contributed by atoms with E-state index in [4.69, 9.17) is 17.3 Å². The molecule has 0 aliphatic carbocycles. The molecule has 5 heteroatoms. The van der Waals surface area contributed by atoms with E-state index in [2.05, 4.69) is 10.3 Å². The molecule has 0 aromatic carbocycles. The number of aryl methyl sites for hydroxylation is 1. The summed E-state index contributed by atoms with van der Waals surface area (Å²) >= 11 is 5.89. The lowest BCUT2D eigenvalue weighted by molar-refractivity contribution is -0.119. The maximum atomic E-state index is 11.9. The molecule has 1 aromatic rings. The number of nitrogens with two attached hydrogens (primary N) is 1. The Kier molecular flexibility index (Phi) is 4.11. The van der Waals surface area contributed by atoms with E-state index < -0.39 is 6.04 Å². The number of pyridine rings is 1. The van der Waals surface area contributed by atoms with Crippen molar-refractivity contribution in [1.82, 2.24) is 4.98 Å². The smallest absolute Gasteiger partial charge is 0.241 e. The molecule has 0 saturated carbocycles. The van der Waals surface area contributed by atoms with Gasteiger partial charge in [-0.2, -0.15) is 0 Å². The van der Waals surface area contributed by atoms with Crippen LogP contribution >= 0.6 is 11.6 Å². The van der Waals surface area contributed by atoms with Crippen molar-refractivity contribution in [2.24, 2.45) is 11.1 Å². The van der Waals surface area contributed by atoms with Gasteiger partial charge < -0.3 is 11.1 Å². The highest BCUT2D eigenvalue weighted by Gasteiger charge is 2.27. The zero-order chi connectivity index (χ0) is 13.2. The average Bonchev–Trinajstić information content (AvgIpc) is 2.21. The fraction of sp³-hybridized carbons (Fsp3) is 0.500. The maximum Gasteiger partial charge on any atom is 0.241 e. The molecule has 0 aliphatic rings. The van der Waals surface area contributed by atoms with Crippen molar-refractivity contribution in [2.75, 3.05) is 5.32 Å². The van der Waals surface area contributed by atoms with Gasteiger partial charge in [0.05, 0.1) is 11.7 Å². The second kappa shape index (κ2) is 5.02. The first-order chi connectivity index (χ1) is 7.71. The molecule has 1 amide bonds. The molecule has 0 saturated heterocycles. The molecule has 1 atom stereocenters. The van der Waals surface area contributed by atoms with Crippen molar-refractivity contribution in [1.29, 1.82) is 0 Å². The Morgan fingerprint density at radius 1 is 1.53 bits per heavy atom. The molecule has 17 heavy (non-hydrogen) atoms. The van der Waals surface area contributed by atoms with E-state index in [9.17, 15) is 4.79 Å². The first-order valence-electron chi connectivity index (χ1n) is 5.40. The lowest BCUT2D eigenvalue weighted by atomic mass is 9.87. The summed E-state index contributed by atoms with van der Waals surface area (Å²) in [6, 6.07) is 1.17. The fourth-order valence-electron chi connectivity index (χ4n) is 1.24. The summed E-state index contributed by atoms with van der Waals surface area (Å²) in [6.45, 7) is 7.61. The summed E-state index contributed by atoms with van der Waals surface area (Å²) < 4.78 is 0. The number of rotatable bonds is 2. The number of anilines is 1. The van der Waals surface area contributed by atoms with Crippen LogP contribution in [0.5, 0.6) is 0 Å². The van der Waals surface area contributed by atoms with Gasteiger partial charge in [0.15, 0.2) is 5.15 Å². The summed E-state index contributed by atoms with van der Waals surface area (Å²) in [5.41, 5.74) is 6.98. The van der Waals surface area contributed by atoms with Crippen molar-refractivity contribution < 1.29 is 4.79 Å². The van der Waals surface area contributed by atoms with Gasteiger partial charge in [0.25, 0.3) is 0 Å². The Morgan fingerprint density at radius 2 is 2.12 bits per heavy atom. The van der Waals surface area contributed by atoms with E-state index in [0.717, 1.165) is 5.56 Å². The summed E-state index contributed by atoms with van der Waals surface area (Å²) in [6.07, 6.45) is 1.64. The van der Waals surface area contributed by atoms with Gasteiger partial charge in [-0.1, -0.05) is 32.4 Å². The Morgan fingerprint density at radius 3 is 2.65 bits per heavy atom. The molecule has 0 radical (unpaired) electrons. The molecule has 4 nitrogen and oxygen atoms in total. The maximum absolute atomic E-state index is 11.9. The summed E-state index contributed by atoms with van der Waals surface area (Å²) in [7, 11) is 0. The van der Waals surface area contributed by atoms with Gasteiger partial charge in [-0.25, -0.2) is 4.98 Å². The molecule has 94 valence electrons. The van der Waals surface area contributed by atoms with E-state index in [1.54, 1.807) is 12.3 Å². The third kappa shape index (κ3) is 3.68. The van der Waals surface area contributed by atoms with Crippen molar-refractivity contribution in [3.63, 3.8) is 0 Å². The van der Waals surface area contributed by atoms with Gasteiger partial charge in [0, 0.05) is 6.20 Å². The van der Waals surface area contributed by atoms with Crippen molar-refractivity contribution in [2.45, 2.75) is 33.7 Å². The van der Waals surface area contributed by atoms with Crippen LogP contribution in [0.3, 0.4) is 0 Å². The van der Waals surface area contributed by atoms with Gasteiger partial charge in [-0.05, 0) is 24.0 Å². The Balaban J connectivity index is 2.85. The van der Waals surface area contributed by atoms with Crippen molar-refractivity contribution >= 4 is 23.2 Å². The third-order valence-corrected chi connectivity index (χ3v) is 2.75. The van der Waals surface area contributed by atoms with Crippen LogP contribution in [0, 0.1) is 12.3 Å². The van der Waals surface area contributed by atoms with Crippen molar-refractivity contribution in [3.05, 3.63) is 23.0 Å². The molecular weight excluding hydrogens is 238 g/mol. The number of nitrogens with zero attached hydrogens (tertiary/aromatic N) is 1. The molecule has 1 unspecified atom stereocenters.